The first-order valence-electron chi connectivity index (χ1n) is 7.60. The summed E-state index contributed by atoms with van der Waals surface area (Å²) in [5, 5.41) is 15.4. The first kappa shape index (κ1) is 14.8. The van der Waals surface area contributed by atoms with E-state index >= 15 is 0 Å². The summed E-state index contributed by atoms with van der Waals surface area (Å²) in [4.78, 5) is 14.3. The topological polar surface area (TPSA) is 64.6 Å². The maximum atomic E-state index is 11.8. The summed E-state index contributed by atoms with van der Waals surface area (Å²) < 4.78 is 0. The van der Waals surface area contributed by atoms with Crippen LogP contribution in [0.3, 0.4) is 0 Å². The van der Waals surface area contributed by atoms with E-state index in [1.807, 2.05) is 0 Å². The monoisotopic (exact) mass is 269 g/mol. The van der Waals surface area contributed by atoms with Crippen molar-refractivity contribution in [2.75, 3.05) is 26.2 Å². The second-order valence-corrected chi connectivity index (χ2v) is 5.88. The fourth-order valence-corrected chi connectivity index (χ4v) is 3.02. The highest BCUT2D eigenvalue weighted by Crippen LogP contribution is 2.16. The zero-order valence-electron chi connectivity index (χ0n) is 11.9. The van der Waals surface area contributed by atoms with E-state index in [2.05, 4.69) is 22.5 Å². The third kappa shape index (κ3) is 4.44. The Kier molecular flexibility index (Phi) is 5.60. The minimum atomic E-state index is -0.370. The van der Waals surface area contributed by atoms with Crippen molar-refractivity contribution >= 4 is 5.91 Å². The van der Waals surface area contributed by atoms with Crippen molar-refractivity contribution < 1.29 is 9.90 Å². The molecule has 2 aliphatic heterocycles. The number of amides is 1. The molecular weight excluding hydrogens is 242 g/mol. The molecule has 5 heteroatoms. The summed E-state index contributed by atoms with van der Waals surface area (Å²) in [7, 11) is 0. The van der Waals surface area contributed by atoms with Gasteiger partial charge in [-0.25, -0.2) is 0 Å². The van der Waals surface area contributed by atoms with Crippen molar-refractivity contribution in [2.45, 2.75) is 57.2 Å². The lowest BCUT2D eigenvalue weighted by Crippen LogP contribution is -2.42. The lowest BCUT2D eigenvalue weighted by atomic mass is 10.0. The Hall–Kier alpha value is -0.650. The molecule has 3 atom stereocenters. The van der Waals surface area contributed by atoms with Crippen LogP contribution in [0.4, 0.5) is 0 Å². The van der Waals surface area contributed by atoms with Crippen molar-refractivity contribution in [1.82, 2.24) is 15.5 Å². The second-order valence-electron chi connectivity index (χ2n) is 5.88. The average molecular weight is 269 g/mol. The molecule has 0 radical (unpaired) electrons. The largest absolute Gasteiger partial charge is 0.392 e. The first-order chi connectivity index (χ1) is 9.16. The standard InChI is InChI=1S/C14H27N3O2/c1-11-5-2-3-7-17(11)8-4-6-15-14(19)13-9-12(18)10-16-13/h11-13,16,18H,2-10H2,1H3,(H,15,19)/t11-,12-,13+/m1/s1. The summed E-state index contributed by atoms with van der Waals surface area (Å²) in [6.07, 6.45) is 5.13. The van der Waals surface area contributed by atoms with Crippen LogP contribution in [-0.4, -0.2) is 60.3 Å². The highest BCUT2D eigenvalue weighted by atomic mass is 16.3. The van der Waals surface area contributed by atoms with E-state index in [4.69, 9.17) is 0 Å². The minimum absolute atomic E-state index is 0.0308. The maximum absolute atomic E-state index is 11.8. The van der Waals surface area contributed by atoms with Gasteiger partial charge in [0.05, 0.1) is 12.1 Å². The number of hydrogen-bond donors (Lipinski definition) is 3. The smallest absolute Gasteiger partial charge is 0.237 e. The van der Waals surface area contributed by atoms with Gasteiger partial charge in [-0.05, 0) is 39.2 Å². The Bertz CT molecular complexity index is 298. The Balaban J connectivity index is 1.57. The van der Waals surface area contributed by atoms with Gasteiger partial charge in [0.15, 0.2) is 0 Å². The van der Waals surface area contributed by atoms with Crippen LogP contribution in [-0.2, 0) is 4.79 Å². The van der Waals surface area contributed by atoms with E-state index in [1.165, 1.54) is 25.8 Å². The molecule has 5 nitrogen and oxygen atoms in total. The van der Waals surface area contributed by atoms with Crippen molar-refractivity contribution in [3.8, 4) is 0 Å². The van der Waals surface area contributed by atoms with Gasteiger partial charge in [-0.15, -0.1) is 0 Å². The van der Waals surface area contributed by atoms with E-state index in [1.54, 1.807) is 0 Å². The van der Waals surface area contributed by atoms with Crippen molar-refractivity contribution in [1.29, 1.82) is 0 Å². The van der Waals surface area contributed by atoms with Gasteiger partial charge in [-0.3, -0.25) is 4.79 Å². The molecule has 0 spiro atoms. The number of carbonyl (C=O) groups is 1. The Morgan fingerprint density at radius 1 is 1.47 bits per heavy atom. The zero-order chi connectivity index (χ0) is 13.7. The van der Waals surface area contributed by atoms with E-state index in [0.29, 0.717) is 19.0 Å². The summed E-state index contributed by atoms with van der Waals surface area (Å²) >= 11 is 0. The fourth-order valence-electron chi connectivity index (χ4n) is 3.02. The van der Waals surface area contributed by atoms with Crippen molar-refractivity contribution in [2.24, 2.45) is 0 Å². The Labute approximate surface area is 115 Å². The molecule has 3 N–H and O–H groups in total. The number of piperidine rings is 1. The van der Waals surface area contributed by atoms with E-state index in [0.717, 1.165) is 19.5 Å². The van der Waals surface area contributed by atoms with Gasteiger partial charge in [-0.2, -0.15) is 0 Å². The number of nitrogens with zero attached hydrogens (tertiary/aromatic N) is 1. The van der Waals surface area contributed by atoms with Gasteiger partial charge < -0.3 is 20.6 Å². The average Bonchev–Trinajstić information content (AvgIpc) is 2.83. The van der Waals surface area contributed by atoms with Gasteiger partial charge in [0.2, 0.25) is 5.91 Å². The van der Waals surface area contributed by atoms with Crippen molar-refractivity contribution in [3.63, 3.8) is 0 Å². The lowest BCUT2D eigenvalue weighted by Gasteiger charge is -2.33. The molecule has 0 aromatic heterocycles. The molecule has 2 heterocycles. The molecule has 19 heavy (non-hydrogen) atoms. The number of hydrogen-bond acceptors (Lipinski definition) is 4. The highest BCUT2D eigenvalue weighted by molar-refractivity contribution is 5.82. The van der Waals surface area contributed by atoms with Crippen LogP contribution in [0.25, 0.3) is 0 Å². The highest BCUT2D eigenvalue weighted by Gasteiger charge is 2.27. The molecule has 2 fully saturated rings. The Morgan fingerprint density at radius 2 is 2.32 bits per heavy atom. The lowest BCUT2D eigenvalue weighted by molar-refractivity contribution is -0.122. The molecule has 0 aromatic rings. The zero-order valence-corrected chi connectivity index (χ0v) is 11.9. The number of β-amino-alcohol motifs (C(OH)–C–C–N with tert-alkyl or cyclic N) is 1. The predicted octanol–water partition coefficient (Wildman–Crippen LogP) is 0.0899. The third-order valence-corrected chi connectivity index (χ3v) is 4.29. The van der Waals surface area contributed by atoms with Crippen molar-refractivity contribution in [3.05, 3.63) is 0 Å². The first-order valence-corrected chi connectivity index (χ1v) is 7.60. The summed E-state index contributed by atoms with van der Waals surface area (Å²) in [5.74, 6) is 0.0308. The molecule has 0 aliphatic carbocycles. The number of aliphatic hydroxyl groups is 1. The van der Waals surface area contributed by atoms with Crippen LogP contribution in [0, 0.1) is 0 Å². The normalized spacial score (nSPS) is 32.4. The van der Waals surface area contributed by atoms with E-state index in [9.17, 15) is 9.90 Å². The van der Waals surface area contributed by atoms with Crippen LogP contribution in [0.1, 0.15) is 39.0 Å². The minimum Gasteiger partial charge on any atom is -0.392 e. The summed E-state index contributed by atoms with van der Waals surface area (Å²) in [6, 6.07) is 0.486. The quantitative estimate of drug-likeness (QED) is 0.619. The Morgan fingerprint density at radius 3 is 3.00 bits per heavy atom. The summed E-state index contributed by atoms with van der Waals surface area (Å²) in [5.41, 5.74) is 0. The van der Waals surface area contributed by atoms with Crippen LogP contribution in [0.15, 0.2) is 0 Å². The molecular formula is C14H27N3O2. The molecule has 0 aromatic carbocycles. The number of nitrogens with one attached hydrogen (secondary N) is 2. The molecule has 0 bridgehead atoms. The van der Waals surface area contributed by atoms with Crippen LogP contribution in [0.2, 0.25) is 0 Å². The fraction of sp³-hybridized carbons (Fsp3) is 0.929. The SMILES string of the molecule is C[C@@H]1CCCCN1CCCNC(=O)[C@@H]1C[C@@H](O)CN1. The maximum Gasteiger partial charge on any atom is 0.237 e. The van der Waals surface area contributed by atoms with E-state index < -0.39 is 0 Å². The van der Waals surface area contributed by atoms with Crippen LogP contribution in [0.5, 0.6) is 0 Å². The number of likely N-dealkylation sites (tertiary alicyclic amines) is 1. The van der Waals surface area contributed by atoms with Gasteiger partial charge in [0.1, 0.15) is 0 Å². The van der Waals surface area contributed by atoms with Gasteiger partial charge in [-0.1, -0.05) is 6.42 Å². The predicted molar refractivity (Wildman–Crippen MR) is 74.9 cm³/mol. The molecule has 2 aliphatic rings. The number of rotatable bonds is 5. The van der Waals surface area contributed by atoms with Gasteiger partial charge >= 0.3 is 0 Å². The van der Waals surface area contributed by atoms with Gasteiger partial charge in [0, 0.05) is 25.7 Å². The third-order valence-electron chi connectivity index (χ3n) is 4.29. The second kappa shape index (κ2) is 7.22. The van der Waals surface area contributed by atoms with E-state index in [-0.39, 0.29) is 18.1 Å². The molecule has 0 unspecified atom stereocenters. The van der Waals surface area contributed by atoms with Gasteiger partial charge in [0.25, 0.3) is 0 Å². The van der Waals surface area contributed by atoms with Crippen LogP contribution < -0.4 is 10.6 Å². The molecule has 2 saturated heterocycles. The molecule has 1 amide bonds. The summed E-state index contributed by atoms with van der Waals surface area (Å²) in [6.45, 7) is 5.83. The molecule has 110 valence electrons. The number of aliphatic hydroxyl groups excluding tert-OH is 1. The molecule has 0 saturated carbocycles. The van der Waals surface area contributed by atoms with Crippen LogP contribution >= 0.6 is 0 Å². The number of carbonyl (C=O) groups excluding carboxylic acids is 1. The molecule has 2 rings (SSSR count).